The third kappa shape index (κ3) is 6.12. The number of para-hydroxylation sites is 1. The lowest BCUT2D eigenvalue weighted by Crippen LogP contribution is -2.48. The number of carbonyl (C=O) groups is 2. The maximum atomic E-state index is 12.5. The second-order valence-corrected chi connectivity index (χ2v) is 9.22. The van der Waals surface area contributed by atoms with E-state index in [0.717, 1.165) is 34.9 Å². The maximum Gasteiger partial charge on any atom is 0.264 e. The van der Waals surface area contributed by atoms with Crippen molar-refractivity contribution in [3.63, 3.8) is 0 Å². The molecule has 7 nitrogen and oxygen atoms in total. The molecule has 176 valence electrons. The summed E-state index contributed by atoms with van der Waals surface area (Å²) in [4.78, 5) is 29.6. The minimum absolute atomic E-state index is 0.106. The van der Waals surface area contributed by atoms with Crippen LogP contribution < -0.4 is 20.3 Å². The number of thiocarbonyl (C=S) groups is 1. The van der Waals surface area contributed by atoms with Crippen LogP contribution in [0.25, 0.3) is 0 Å². The number of nitrogens with zero attached hydrogens (tertiary/aromatic N) is 2. The second kappa shape index (κ2) is 11.1. The Labute approximate surface area is 208 Å². The van der Waals surface area contributed by atoms with Crippen LogP contribution in [0.1, 0.15) is 15.2 Å². The lowest BCUT2D eigenvalue weighted by molar-refractivity contribution is -0.121. The van der Waals surface area contributed by atoms with E-state index in [2.05, 4.69) is 15.5 Å². The molecule has 0 unspecified atom stereocenters. The van der Waals surface area contributed by atoms with E-state index in [1.165, 1.54) is 11.3 Å². The van der Waals surface area contributed by atoms with Crippen LogP contribution in [0.5, 0.6) is 5.75 Å². The van der Waals surface area contributed by atoms with Gasteiger partial charge >= 0.3 is 0 Å². The molecule has 9 heteroatoms. The van der Waals surface area contributed by atoms with Gasteiger partial charge in [-0.2, -0.15) is 0 Å². The average Bonchev–Trinajstić information content (AvgIpc) is 3.39. The summed E-state index contributed by atoms with van der Waals surface area (Å²) >= 11 is 6.73. The van der Waals surface area contributed by atoms with Crippen LogP contribution in [0, 0.1) is 6.92 Å². The fraction of sp³-hybridized carbons (Fsp3) is 0.240. The number of benzene rings is 2. The summed E-state index contributed by atoms with van der Waals surface area (Å²) in [6.07, 6.45) is 0. The first kappa shape index (κ1) is 23.7. The fourth-order valence-corrected chi connectivity index (χ4v) is 4.59. The van der Waals surface area contributed by atoms with Gasteiger partial charge in [-0.3, -0.25) is 14.9 Å². The zero-order valence-corrected chi connectivity index (χ0v) is 20.5. The van der Waals surface area contributed by atoms with Crippen LogP contribution in [0.2, 0.25) is 0 Å². The number of carbonyl (C=O) groups excluding carboxylic acids is 2. The summed E-state index contributed by atoms with van der Waals surface area (Å²) in [6.45, 7) is 4.74. The highest BCUT2D eigenvalue weighted by atomic mass is 32.1. The minimum Gasteiger partial charge on any atom is -0.483 e. The number of rotatable bonds is 6. The number of hydrogen-bond donors (Lipinski definition) is 2. The Kier molecular flexibility index (Phi) is 7.76. The molecule has 0 aliphatic carbocycles. The van der Waals surface area contributed by atoms with E-state index >= 15 is 0 Å². The van der Waals surface area contributed by atoms with Crippen molar-refractivity contribution in [2.24, 2.45) is 0 Å². The highest BCUT2D eigenvalue weighted by Gasteiger charge is 2.22. The number of anilines is 2. The van der Waals surface area contributed by atoms with Gasteiger partial charge in [-0.1, -0.05) is 24.3 Å². The predicted octanol–water partition coefficient (Wildman–Crippen LogP) is 3.91. The number of nitrogens with one attached hydrogen (secondary N) is 2. The molecule has 3 aromatic rings. The summed E-state index contributed by atoms with van der Waals surface area (Å²) in [6, 6.07) is 19.1. The van der Waals surface area contributed by atoms with Crippen molar-refractivity contribution in [2.45, 2.75) is 6.92 Å². The van der Waals surface area contributed by atoms with Gasteiger partial charge in [0.1, 0.15) is 5.75 Å². The Morgan fingerprint density at radius 3 is 2.41 bits per heavy atom. The molecule has 2 amide bonds. The van der Waals surface area contributed by atoms with Gasteiger partial charge in [-0.05, 0) is 66.5 Å². The summed E-state index contributed by atoms with van der Waals surface area (Å²) in [5.41, 5.74) is 2.82. The maximum absolute atomic E-state index is 12.5. The van der Waals surface area contributed by atoms with Crippen LogP contribution >= 0.6 is 23.6 Å². The zero-order chi connectivity index (χ0) is 23.9. The van der Waals surface area contributed by atoms with E-state index in [9.17, 15) is 9.59 Å². The van der Waals surface area contributed by atoms with E-state index < -0.39 is 0 Å². The Morgan fingerprint density at radius 1 is 1.00 bits per heavy atom. The number of thiophene rings is 1. The van der Waals surface area contributed by atoms with E-state index in [-0.39, 0.29) is 23.5 Å². The molecule has 1 aliphatic rings. The van der Waals surface area contributed by atoms with Crippen molar-refractivity contribution in [3.05, 3.63) is 76.5 Å². The first-order chi connectivity index (χ1) is 16.5. The smallest absolute Gasteiger partial charge is 0.264 e. The molecule has 2 heterocycles. The molecule has 0 atom stereocenters. The largest absolute Gasteiger partial charge is 0.483 e. The van der Waals surface area contributed by atoms with Crippen molar-refractivity contribution in [1.29, 1.82) is 0 Å². The lowest BCUT2D eigenvalue weighted by Gasteiger charge is -2.36. The molecule has 0 radical (unpaired) electrons. The van der Waals surface area contributed by atoms with Crippen molar-refractivity contribution in [2.75, 3.05) is 43.0 Å². The molecule has 1 saturated heterocycles. The van der Waals surface area contributed by atoms with Gasteiger partial charge in [0.2, 0.25) is 0 Å². The van der Waals surface area contributed by atoms with Crippen molar-refractivity contribution >= 4 is 51.9 Å². The SMILES string of the molecule is Cc1ccccc1OCC(=O)NC(=S)Nc1ccc(N2CCN(C(=O)c3cccs3)CC2)cc1. The number of aryl methyl sites for hydroxylation is 1. The molecule has 2 N–H and O–H groups in total. The fourth-order valence-electron chi connectivity index (χ4n) is 3.67. The van der Waals surface area contributed by atoms with E-state index in [4.69, 9.17) is 17.0 Å². The average molecular weight is 495 g/mol. The van der Waals surface area contributed by atoms with Crippen molar-refractivity contribution in [1.82, 2.24) is 10.2 Å². The van der Waals surface area contributed by atoms with Crippen LogP contribution in [0.4, 0.5) is 11.4 Å². The standard InChI is InChI=1S/C25H26N4O3S2/c1-18-5-2-3-6-21(18)32-17-23(30)27-25(33)26-19-8-10-20(11-9-19)28-12-14-29(15-13-28)24(31)22-7-4-16-34-22/h2-11,16H,12-15,17H2,1H3,(H2,26,27,30,33). The lowest BCUT2D eigenvalue weighted by atomic mass is 10.2. The summed E-state index contributed by atoms with van der Waals surface area (Å²) in [5.74, 6) is 0.449. The quantitative estimate of drug-likeness (QED) is 0.506. The highest BCUT2D eigenvalue weighted by molar-refractivity contribution is 7.80. The highest BCUT2D eigenvalue weighted by Crippen LogP contribution is 2.21. The van der Waals surface area contributed by atoms with Gasteiger partial charge in [-0.15, -0.1) is 11.3 Å². The van der Waals surface area contributed by atoms with Crippen molar-refractivity contribution in [3.8, 4) is 5.75 Å². The van der Waals surface area contributed by atoms with Crippen LogP contribution in [0.3, 0.4) is 0 Å². The normalized spacial score (nSPS) is 13.3. The molecule has 0 spiro atoms. The van der Waals surface area contributed by atoms with Crippen LogP contribution in [-0.4, -0.2) is 54.6 Å². The number of piperazine rings is 1. The number of ether oxygens (including phenoxy) is 1. The van der Waals surface area contributed by atoms with E-state index in [1.807, 2.05) is 77.9 Å². The van der Waals surface area contributed by atoms with Gasteiger partial charge in [0.25, 0.3) is 11.8 Å². The molecule has 1 aromatic heterocycles. The molecule has 1 aliphatic heterocycles. The Hall–Kier alpha value is -3.43. The predicted molar refractivity (Wildman–Crippen MR) is 140 cm³/mol. The molecular formula is C25H26N4O3S2. The molecule has 1 fully saturated rings. The first-order valence-corrected chi connectivity index (χ1v) is 12.3. The molecular weight excluding hydrogens is 468 g/mol. The van der Waals surface area contributed by atoms with Gasteiger partial charge in [0.05, 0.1) is 4.88 Å². The molecule has 0 bridgehead atoms. The Bertz CT molecular complexity index is 1140. The summed E-state index contributed by atoms with van der Waals surface area (Å²) < 4.78 is 5.55. The molecule has 0 saturated carbocycles. The third-order valence-corrected chi connectivity index (χ3v) is 6.56. The van der Waals surface area contributed by atoms with E-state index in [0.29, 0.717) is 18.8 Å². The summed E-state index contributed by atoms with van der Waals surface area (Å²) in [7, 11) is 0. The monoisotopic (exact) mass is 494 g/mol. The van der Waals surface area contributed by atoms with Crippen LogP contribution in [-0.2, 0) is 4.79 Å². The molecule has 34 heavy (non-hydrogen) atoms. The first-order valence-electron chi connectivity index (χ1n) is 11.0. The van der Waals surface area contributed by atoms with Gasteiger partial charge in [0, 0.05) is 37.6 Å². The number of hydrogen-bond acceptors (Lipinski definition) is 6. The molecule has 2 aromatic carbocycles. The third-order valence-electron chi connectivity index (χ3n) is 5.49. The number of amides is 2. The minimum atomic E-state index is -0.327. The van der Waals surface area contributed by atoms with E-state index in [1.54, 1.807) is 0 Å². The zero-order valence-electron chi connectivity index (χ0n) is 18.8. The Balaban J connectivity index is 1.22. The van der Waals surface area contributed by atoms with Gasteiger partial charge < -0.3 is 19.9 Å². The topological polar surface area (TPSA) is 73.9 Å². The molecule has 4 rings (SSSR count). The summed E-state index contributed by atoms with van der Waals surface area (Å²) in [5, 5.41) is 7.80. The second-order valence-electron chi connectivity index (χ2n) is 7.86. The Morgan fingerprint density at radius 2 is 1.74 bits per heavy atom. The van der Waals surface area contributed by atoms with Crippen LogP contribution in [0.15, 0.2) is 66.0 Å². The van der Waals surface area contributed by atoms with Gasteiger partial charge in [-0.25, -0.2) is 0 Å². The van der Waals surface area contributed by atoms with Crippen molar-refractivity contribution < 1.29 is 14.3 Å². The van der Waals surface area contributed by atoms with Gasteiger partial charge in [0.15, 0.2) is 11.7 Å².